The molecule has 6 rings (SSSR count). The number of nitrogens with zero attached hydrogens (tertiary/aromatic N) is 2. The number of carbonyl (C=O) groups excluding carboxylic acids is 2. The van der Waals surface area contributed by atoms with Crippen molar-refractivity contribution in [1.29, 1.82) is 0 Å². The van der Waals surface area contributed by atoms with E-state index in [1.807, 2.05) is 63.2 Å². The second-order valence-corrected chi connectivity index (χ2v) is 12.2. The summed E-state index contributed by atoms with van der Waals surface area (Å²) in [4.78, 5) is 33.8. The van der Waals surface area contributed by atoms with E-state index in [2.05, 4.69) is 13.0 Å². The lowest BCUT2D eigenvalue weighted by atomic mass is 9.94. The first-order valence-electron chi connectivity index (χ1n) is 14.5. The molecule has 3 aromatic carbocycles. The van der Waals surface area contributed by atoms with Crippen LogP contribution in [0.15, 0.2) is 60.2 Å². The molecule has 2 aliphatic heterocycles. The van der Waals surface area contributed by atoms with Crippen molar-refractivity contribution in [1.82, 2.24) is 4.98 Å². The van der Waals surface area contributed by atoms with E-state index in [0.717, 1.165) is 51.9 Å². The van der Waals surface area contributed by atoms with E-state index < -0.39 is 17.7 Å². The molecule has 0 saturated carbocycles. The molecule has 0 spiro atoms. The van der Waals surface area contributed by atoms with Crippen LogP contribution in [0.1, 0.15) is 67.0 Å². The smallest absolute Gasteiger partial charge is 0.301 e. The number of aromatic nitrogens is 1. The van der Waals surface area contributed by atoms with Gasteiger partial charge in [0.25, 0.3) is 5.78 Å². The summed E-state index contributed by atoms with van der Waals surface area (Å²) < 4.78 is 12.8. The van der Waals surface area contributed by atoms with Crippen molar-refractivity contribution >= 4 is 44.1 Å². The van der Waals surface area contributed by atoms with Gasteiger partial charge in [0, 0.05) is 12.0 Å². The summed E-state index contributed by atoms with van der Waals surface area (Å²) in [6.45, 7) is 8.71. The summed E-state index contributed by atoms with van der Waals surface area (Å²) in [6, 6.07) is 16.0. The number of thiazole rings is 1. The number of ketones is 1. The molecule has 0 unspecified atom stereocenters. The summed E-state index contributed by atoms with van der Waals surface area (Å²) in [6.07, 6.45) is 3.84. The van der Waals surface area contributed by atoms with Gasteiger partial charge in [-0.15, -0.1) is 0 Å². The van der Waals surface area contributed by atoms with Crippen molar-refractivity contribution in [3.8, 4) is 11.5 Å². The van der Waals surface area contributed by atoms with Crippen LogP contribution in [0.25, 0.3) is 16.0 Å². The minimum Gasteiger partial charge on any atom is -0.507 e. The van der Waals surface area contributed by atoms with E-state index in [1.54, 1.807) is 6.07 Å². The first-order valence-corrected chi connectivity index (χ1v) is 15.3. The van der Waals surface area contributed by atoms with Crippen molar-refractivity contribution in [2.24, 2.45) is 0 Å². The second-order valence-electron chi connectivity index (χ2n) is 11.2. The van der Waals surface area contributed by atoms with Crippen molar-refractivity contribution < 1.29 is 24.2 Å². The summed E-state index contributed by atoms with van der Waals surface area (Å²) >= 11 is 1.37. The molecule has 0 aliphatic carbocycles. The molecule has 3 heterocycles. The molecule has 1 N–H and O–H groups in total. The van der Waals surface area contributed by atoms with Gasteiger partial charge in [-0.3, -0.25) is 14.5 Å². The van der Waals surface area contributed by atoms with Gasteiger partial charge in [0.15, 0.2) is 5.13 Å². The minimum atomic E-state index is -0.880. The Morgan fingerprint density at radius 1 is 1.12 bits per heavy atom. The molecule has 2 aliphatic rings. The first kappa shape index (κ1) is 28.0. The molecule has 1 fully saturated rings. The Hall–Kier alpha value is -4.17. The van der Waals surface area contributed by atoms with Gasteiger partial charge < -0.3 is 14.6 Å². The number of rotatable bonds is 8. The fourth-order valence-electron chi connectivity index (χ4n) is 5.85. The Morgan fingerprint density at radius 2 is 1.95 bits per heavy atom. The van der Waals surface area contributed by atoms with E-state index in [0.29, 0.717) is 35.0 Å². The van der Waals surface area contributed by atoms with E-state index in [4.69, 9.17) is 14.5 Å². The lowest BCUT2D eigenvalue weighted by molar-refractivity contribution is -0.132. The fraction of sp³-hybridized carbons (Fsp3) is 0.324. The first-order chi connectivity index (χ1) is 20.2. The number of benzene rings is 3. The van der Waals surface area contributed by atoms with Gasteiger partial charge in [-0.25, -0.2) is 4.98 Å². The molecule has 0 radical (unpaired) electrons. The minimum absolute atomic E-state index is 0.0298. The molecular weight excluding hydrogens is 548 g/mol. The van der Waals surface area contributed by atoms with Gasteiger partial charge in [-0.1, -0.05) is 49.3 Å². The quantitative estimate of drug-likeness (QED) is 0.101. The van der Waals surface area contributed by atoms with Crippen molar-refractivity contribution in [2.45, 2.75) is 65.5 Å². The Balaban J connectivity index is 1.49. The molecule has 7 nitrogen and oxygen atoms in total. The summed E-state index contributed by atoms with van der Waals surface area (Å²) in [5.41, 5.74) is 5.00. The van der Waals surface area contributed by atoms with Crippen LogP contribution in [-0.4, -0.2) is 34.5 Å². The number of fused-ring (bicyclic) bond motifs is 2. The number of aryl methyl sites for hydroxylation is 2. The van der Waals surface area contributed by atoms with Crippen molar-refractivity contribution in [3.63, 3.8) is 0 Å². The van der Waals surface area contributed by atoms with Crippen LogP contribution >= 0.6 is 11.3 Å². The highest BCUT2D eigenvalue weighted by atomic mass is 32.1. The number of hydrogen-bond donors (Lipinski definition) is 1. The van der Waals surface area contributed by atoms with Crippen molar-refractivity contribution in [3.05, 3.63) is 88.0 Å². The maximum atomic E-state index is 13.8. The third-order valence-corrected chi connectivity index (χ3v) is 8.83. The number of carbonyl (C=O) groups is 2. The highest BCUT2D eigenvalue weighted by molar-refractivity contribution is 7.22. The van der Waals surface area contributed by atoms with Gasteiger partial charge >= 0.3 is 5.91 Å². The number of hydrogen-bond acceptors (Lipinski definition) is 7. The lowest BCUT2D eigenvalue weighted by Gasteiger charge is -2.23. The number of ether oxygens (including phenoxy) is 2. The largest absolute Gasteiger partial charge is 0.507 e. The molecule has 42 heavy (non-hydrogen) atoms. The predicted octanol–water partition coefficient (Wildman–Crippen LogP) is 7.43. The predicted molar refractivity (Wildman–Crippen MR) is 166 cm³/mol. The van der Waals surface area contributed by atoms with E-state index in [-0.39, 0.29) is 17.4 Å². The number of aliphatic hydroxyl groups is 1. The molecule has 8 heteroatoms. The number of aliphatic hydroxyl groups excluding tert-OH is 1. The number of Topliss-reactive ketones (excluding diaryl/α,β-unsaturated/α-hetero) is 1. The summed E-state index contributed by atoms with van der Waals surface area (Å²) in [7, 11) is 0. The fourth-order valence-corrected chi connectivity index (χ4v) is 7.02. The van der Waals surface area contributed by atoms with Gasteiger partial charge in [0.2, 0.25) is 0 Å². The number of anilines is 1. The maximum absolute atomic E-state index is 13.8. The van der Waals surface area contributed by atoms with Gasteiger partial charge in [0.05, 0.1) is 28.4 Å². The molecular formula is C34H34N2O5S. The number of unbranched alkanes of at least 4 members (excludes halogenated alkanes) is 2. The standard InChI is InChI=1S/C34H34N2O5S/c1-5-6-7-13-40-25-10-8-9-22(18-25)30-28(31(37)23-11-12-26-24(17-23)16-21(4)41-26)32(38)33(39)36(30)34-35-29-20(3)14-19(2)15-27(29)42-34/h8-12,14-15,17-18,21,30,37H,5-7,13,16H2,1-4H3/b31-28+/t21-,30-/m1/s1. The van der Waals surface area contributed by atoms with E-state index in [1.165, 1.54) is 16.2 Å². The molecule has 2 atom stereocenters. The Kier molecular flexibility index (Phi) is 7.49. The topological polar surface area (TPSA) is 89.0 Å². The maximum Gasteiger partial charge on any atom is 0.301 e. The molecule has 4 aromatic rings. The Morgan fingerprint density at radius 3 is 2.76 bits per heavy atom. The lowest BCUT2D eigenvalue weighted by Crippen LogP contribution is -2.29. The zero-order chi connectivity index (χ0) is 29.5. The third-order valence-electron chi connectivity index (χ3n) is 7.83. The van der Waals surface area contributed by atoms with Gasteiger partial charge in [0.1, 0.15) is 23.4 Å². The molecule has 1 saturated heterocycles. The zero-order valence-electron chi connectivity index (χ0n) is 24.3. The molecule has 1 amide bonds. The van der Waals surface area contributed by atoms with Crippen LogP contribution in [0.5, 0.6) is 11.5 Å². The van der Waals surface area contributed by atoms with Crippen LogP contribution in [0.3, 0.4) is 0 Å². The summed E-state index contributed by atoms with van der Waals surface area (Å²) in [5.74, 6) is -0.269. The molecule has 216 valence electrons. The van der Waals surface area contributed by atoms with E-state index >= 15 is 0 Å². The Labute approximate surface area is 249 Å². The highest BCUT2D eigenvalue weighted by Gasteiger charge is 2.48. The van der Waals surface area contributed by atoms with Crippen LogP contribution in [0, 0.1) is 13.8 Å². The second kappa shape index (κ2) is 11.2. The van der Waals surface area contributed by atoms with Crippen molar-refractivity contribution in [2.75, 3.05) is 11.5 Å². The van der Waals surface area contributed by atoms with Crippen LogP contribution in [0.2, 0.25) is 0 Å². The average molecular weight is 583 g/mol. The van der Waals surface area contributed by atoms with Gasteiger partial charge in [-0.05, 0) is 85.8 Å². The monoisotopic (exact) mass is 582 g/mol. The zero-order valence-corrected chi connectivity index (χ0v) is 25.1. The number of amides is 1. The van der Waals surface area contributed by atoms with E-state index in [9.17, 15) is 14.7 Å². The average Bonchev–Trinajstić information content (AvgIpc) is 3.63. The van der Waals surface area contributed by atoms with Gasteiger partial charge in [-0.2, -0.15) is 0 Å². The Bertz CT molecular complexity index is 1740. The summed E-state index contributed by atoms with van der Waals surface area (Å²) in [5, 5.41) is 12.1. The van der Waals surface area contributed by atoms with Crippen LogP contribution in [-0.2, 0) is 16.0 Å². The highest BCUT2D eigenvalue weighted by Crippen LogP contribution is 2.45. The normalized spacial score (nSPS) is 19.4. The van der Waals surface area contributed by atoms with Crippen LogP contribution < -0.4 is 14.4 Å². The third kappa shape index (κ3) is 5.04. The van der Waals surface area contributed by atoms with Crippen LogP contribution in [0.4, 0.5) is 5.13 Å². The molecule has 0 bridgehead atoms. The SMILES string of the molecule is CCCCCOc1cccc([C@@H]2/C(=C(\O)c3ccc4c(c3)C[C@@H](C)O4)C(=O)C(=O)N2c2nc3c(C)cc(C)cc3s2)c1. The molecule has 1 aromatic heterocycles.